The Morgan fingerprint density at radius 3 is 3.18 bits per heavy atom. The van der Waals surface area contributed by atoms with Gasteiger partial charge in [-0.25, -0.2) is 0 Å². The lowest BCUT2D eigenvalue weighted by molar-refractivity contribution is 0.0649. The first-order chi connectivity index (χ1) is 10.7. The standard InChI is InChI=1S/C17H24N2O3/c1-13-11-18-7-8-19(13)17(20)14-4-2-5-15(10-14)22-12-16-6-3-9-21-16/h2,4-5,10,13,16,18H,3,6-9,11-12H2,1H3/t13-,16-/m1/s1. The van der Waals surface area contributed by atoms with E-state index in [1.54, 1.807) is 0 Å². The molecule has 3 rings (SSSR count). The summed E-state index contributed by atoms with van der Waals surface area (Å²) in [7, 11) is 0. The SMILES string of the molecule is C[C@@H]1CNCCN1C(=O)c1cccc(OC[C@H]2CCCO2)c1. The lowest BCUT2D eigenvalue weighted by Gasteiger charge is -2.34. The lowest BCUT2D eigenvalue weighted by Crippen LogP contribution is -2.52. The van der Waals surface area contributed by atoms with Crippen LogP contribution in [0.2, 0.25) is 0 Å². The van der Waals surface area contributed by atoms with Gasteiger partial charge in [-0.1, -0.05) is 6.07 Å². The third-order valence-electron chi connectivity index (χ3n) is 4.30. The summed E-state index contributed by atoms with van der Waals surface area (Å²) < 4.78 is 11.3. The highest BCUT2D eigenvalue weighted by molar-refractivity contribution is 5.94. The number of nitrogens with zero attached hydrogens (tertiary/aromatic N) is 1. The van der Waals surface area contributed by atoms with Crippen molar-refractivity contribution in [2.75, 3.05) is 32.8 Å². The van der Waals surface area contributed by atoms with Crippen molar-refractivity contribution < 1.29 is 14.3 Å². The molecule has 2 fully saturated rings. The number of ether oxygens (including phenoxy) is 2. The molecule has 2 aliphatic rings. The fourth-order valence-corrected chi connectivity index (χ4v) is 2.99. The first-order valence-corrected chi connectivity index (χ1v) is 8.10. The molecule has 2 atom stereocenters. The van der Waals surface area contributed by atoms with E-state index in [1.165, 1.54) is 0 Å². The summed E-state index contributed by atoms with van der Waals surface area (Å²) in [5, 5.41) is 3.30. The van der Waals surface area contributed by atoms with Crippen molar-refractivity contribution in [2.45, 2.75) is 31.9 Å². The number of carbonyl (C=O) groups excluding carboxylic acids is 1. The molecule has 2 aliphatic heterocycles. The van der Waals surface area contributed by atoms with Crippen LogP contribution in [0.4, 0.5) is 0 Å². The maximum atomic E-state index is 12.6. The predicted octanol–water partition coefficient (Wildman–Crippen LogP) is 1.68. The summed E-state index contributed by atoms with van der Waals surface area (Å²) in [6.45, 7) is 5.91. The maximum Gasteiger partial charge on any atom is 0.254 e. The number of hydrogen-bond acceptors (Lipinski definition) is 4. The van der Waals surface area contributed by atoms with E-state index >= 15 is 0 Å². The van der Waals surface area contributed by atoms with Crippen LogP contribution in [-0.4, -0.2) is 55.8 Å². The maximum absolute atomic E-state index is 12.6. The van der Waals surface area contributed by atoms with Crippen LogP contribution in [0, 0.1) is 0 Å². The van der Waals surface area contributed by atoms with Crippen LogP contribution < -0.4 is 10.1 Å². The van der Waals surface area contributed by atoms with Crippen LogP contribution in [0.1, 0.15) is 30.1 Å². The van der Waals surface area contributed by atoms with E-state index < -0.39 is 0 Å². The molecule has 0 radical (unpaired) electrons. The van der Waals surface area contributed by atoms with Gasteiger partial charge in [0.1, 0.15) is 12.4 Å². The molecule has 0 aliphatic carbocycles. The van der Waals surface area contributed by atoms with Crippen LogP contribution >= 0.6 is 0 Å². The molecule has 2 heterocycles. The van der Waals surface area contributed by atoms with Crippen LogP contribution in [0.5, 0.6) is 5.75 Å². The summed E-state index contributed by atoms with van der Waals surface area (Å²) >= 11 is 0. The second kappa shape index (κ2) is 7.11. The molecule has 2 saturated heterocycles. The third-order valence-corrected chi connectivity index (χ3v) is 4.30. The van der Waals surface area contributed by atoms with E-state index in [1.807, 2.05) is 29.2 Å². The largest absolute Gasteiger partial charge is 0.491 e. The number of carbonyl (C=O) groups is 1. The molecule has 0 unspecified atom stereocenters. The van der Waals surface area contributed by atoms with E-state index in [0.29, 0.717) is 12.2 Å². The highest BCUT2D eigenvalue weighted by Gasteiger charge is 2.24. The average molecular weight is 304 g/mol. The van der Waals surface area contributed by atoms with Gasteiger partial charge < -0.3 is 19.7 Å². The minimum atomic E-state index is 0.0802. The minimum Gasteiger partial charge on any atom is -0.491 e. The van der Waals surface area contributed by atoms with Gasteiger partial charge in [0.15, 0.2) is 0 Å². The fraction of sp³-hybridized carbons (Fsp3) is 0.588. The average Bonchev–Trinajstić information content (AvgIpc) is 3.06. The first kappa shape index (κ1) is 15.3. The van der Waals surface area contributed by atoms with E-state index in [2.05, 4.69) is 12.2 Å². The molecule has 1 aromatic rings. The molecule has 0 spiro atoms. The Kier molecular flexibility index (Phi) is 4.95. The molecule has 0 aromatic heterocycles. The van der Waals surface area contributed by atoms with Crippen molar-refractivity contribution in [3.8, 4) is 5.75 Å². The molecule has 22 heavy (non-hydrogen) atoms. The van der Waals surface area contributed by atoms with Crippen molar-refractivity contribution in [3.05, 3.63) is 29.8 Å². The number of hydrogen-bond donors (Lipinski definition) is 1. The van der Waals surface area contributed by atoms with Crippen LogP contribution in [0.15, 0.2) is 24.3 Å². The molecule has 1 N–H and O–H groups in total. The van der Waals surface area contributed by atoms with Crippen LogP contribution in [-0.2, 0) is 4.74 Å². The van der Waals surface area contributed by atoms with Crippen LogP contribution in [0.3, 0.4) is 0 Å². The molecule has 0 bridgehead atoms. The minimum absolute atomic E-state index is 0.0802. The smallest absolute Gasteiger partial charge is 0.254 e. The zero-order valence-corrected chi connectivity index (χ0v) is 13.1. The number of piperazine rings is 1. The number of nitrogens with one attached hydrogen (secondary N) is 1. The van der Waals surface area contributed by atoms with Gasteiger partial charge in [-0.05, 0) is 38.0 Å². The van der Waals surface area contributed by atoms with Gasteiger partial charge >= 0.3 is 0 Å². The van der Waals surface area contributed by atoms with Gasteiger partial charge in [0.2, 0.25) is 0 Å². The summed E-state index contributed by atoms with van der Waals surface area (Å²) in [6, 6.07) is 7.69. The fourth-order valence-electron chi connectivity index (χ4n) is 2.99. The quantitative estimate of drug-likeness (QED) is 0.919. The molecule has 1 aromatic carbocycles. The Labute approximate surface area is 131 Å². The van der Waals surface area contributed by atoms with Gasteiger partial charge in [-0.3, -0.25) is 4.79 Å². The van der Waals surface area contributed by atoms with Gasteiger partial charge in [-0.15, -0.1) is 0 Å². The van der Waals surface area contributed by atoms with E-state index in [9.17, 15) is 4.79 Å². The molecule has 120 valence electrons. The van der Waals surface area contributed by atoms with E-state index in [4.69, 9.17) is 9.47 Å². The van der Waals surface area contributed by atoms with Gasteiger partial charge in [0, 0.05) is 37.8 Å². The lowest BCUT2D eigenvalue weighted by atomic mass is 10.1. The Balaban J connectivity index is 1.63. The Hall–Kier alpha value is -1.59. The van der Waals surface area contributed by atoms with Crippen molar-refractivity contribution >= 4 is 5.91 Å². The number of benzene rings is 1. The summed E-state index contributed by atoms with van der Waals surface area (Å²) in [4.78, 5) is 14.6. The van der Waals surface area contributed by atoms with Gasteiger partial charge in [0.25, 0.3) is 5.91 Å². The number of rotatable bonds is 4. The van der Waals surface area contributed by atoms with Gasteiger partial charge in [0.05, 0.1) is 6.10 Å². The Bertz CT molecular complexity index is 514. The van der Waals surface area contributed by atoms with Crippen molar-refractivity contribution in [1.82, 2.24) is 10.2 Å². The van der Waals surface area contributed by atoms with Gasteiger partial charge in [-0.2, -0.15) is 0 Å². The molecular formula is C17H24N2O3. The molecule has 5 nitrogen and oxygen atoms in total. The molecule has 1 amide bonds. The zero-order valence-electron chi connectivity index (χ0n) is 13.1. The predicted molar refractivity (Wildman–Crippen MR) is 84.3 cm³/mol. The van der Waals surface area contributed by atoms with E-state index in [0.717, 1.165) is 44.8 Å². The monoisotopic (exact) mass is 304 g/mol. The normalized spacial score (nSPS) is 25.2. The number of amides is 1. The highest BCUT2D eigenvalue weighted by atomic mass is 16.5. The Morgan fingerprint density at radius 1 is 1.50 bits per heavy atom. The summed E-state index contributed by atoms with van der Waals surface area (Å²) in [6.07, 6.45) is 2.34. The zero-order chi connectivity index (χ0) is 15.4. The summed E-state index contributed by atoms with van der Waals surface area (Å²) in [5.74, 6) is 0.820. The molecule has 5 heteroatoms. The van der Waals surface area contributed by atoms with Crippen molar-refractivity contribution in [3.63, 3.8) is 0 Å². The van der Waals surface area contributed by atoms with Crippen LogP contribution in [0.25, 0.3) is 0 Å². The highest BCUT2D eigenvalue weighted by Crippen LogP contribution is 2.19. The second-order valence-corrected chi connectivity index (χ2v) is 6.03. The topological polar surface area (TPSA) is 50.8 Å². The molecule has 0 saturated carbocycles. The first-order valence-electron chi connectivity index (χ1n) is 8.10. The van der Waals surface area contributed by atoms with E-state index in [-0.39, 0.29) is 18.1 Å². The van der Waals surface area contributed by atoms with Crippen molar-refractivity contribution in [2.24, 2.45) is 0 Å². The third kappa shape index (κ3) is 3.59. The van der Waals surface area contributed by atoms with Crippen molar-refractivity contribution in [1.29, 1.82) is 0 Å². The second-order valence-electron chi connectivity index (χ2n) is 6.03. The molecular weight excluding hydrogens is 280 g/mol. The summed E-state index contributed by atoms with van der Waals surface area (Å²) in [5.41, 5.74) is 0.693. The Morgan fingerprint density at radius 2 is 2.41 bits per heavy atom.